The molecular formula is C21H18F2N4O2. The van der Waals surface area contributed by atoms with Crippen LogP contribution in [0, 0.1) is 17.6 Å². The highest BCUT2D eigenvalue weighted by atomic mass is 19.1. The molecule has 2 aliphatic heterocycles. The van der Waals surface area contributed by atoms with Crippen molar-refractivity contribution < 1.29 is 18.4 Å². The zero-order valence-corrected chi connectivity index (χ0v) is 15.4. The van der Waals surface area contributed by atoms with Gasteiger partial charge in [0.25, 0.3) is 0 Å². The van der Waals surface area contributed by atoms with E-state index >= 15 is 0 Å². The number of nitrogens with one attached hydrogen (secondary N) is 1. The van der Waals surface area contributed by atoms with Gasteiger partial charge in [0, 0.05) is 24.0 Å². The first-order valence-electron chi connectivity index (χ1n) is 9.44. The van der Waals surface area contributed by atoms with E-state index in [-0.39, 0.29) is 42.8 Å². The van der Waals surface area contributed by atoms with Crippen molar-refractivity contribution in [2.24, 2.45) is 5.92 Å². The van der Waals surface area contributed by atoms with Crippen LogP contribution in [-0.2, 0) is 11.3 Å². The predicted molar refractivity (Wildman–Crippen MR) is 102 cm³/mol. The van der Waals surface area contributed by atoms with Gasteiger partial charge >= 0.3 is 6.03 Å². The summed E-state index contributed by atoms with van der Waals surface area (Å²) in [5.74, 6) is -0.767. The van der Waals surface area contributed by atoms with Crippen LogP contribution in [0.15, 0.2) is 42.7 Å². The molecule has 0 radical (unpaired) electrons. The highest BCUT2D eigenvalue weighted by Crippen LogP contribution is 2.41. The fourth-order valence-electron chi connectivity index (χ4n) is 4.45. The molecule has 0 saturated carbocycles. The zero-order chi connectivity index (χ0) is 20.1. The average molecular weight is 396 g/mol. The van der Waals surface area contributed by atoms with Crippen LogP contribution in [0.5, 0.6) is 0 Å². The number of nitrogens with zero attached hydrogens (tertiary/aromatic N) is 3. The van der Waals surface area contributed by atoms with E-state index in [1.54, 1.807) is 11.1 Å². The van der Waals surface area contributed by atoms with Crippen molar-refractivity contribution in [3.63, 3.8) is 0 Å². The molecule has 1 aromatic heterocycles. The molecule has 1 saturated heterocycles. The van der Waals surface area contributed by atoms with E-state index < -0.39 is 5.82 Å². The molecule has 3 amide bonds. The van der Waals surface area contributed by atoms with Gasteiger partial charge in [-0.2, -0.15) is 0 Å². The maximum atomic E-state index is 13.6. The first kappa shape index (κ1) is 17.8. The smallest absolute Gasteiger partial charge is 0.322 e. The lowest BCUT2D eigenvalue weighted by Gasteiger charge is -2.33. The van der Waals surface area contributed by atoms with Crippen LogP contribution < -0.4 is 5.32 Å². The summed E-state index contributed by atoms with van der Waals surface area (Å²) in [6.07, 6.45) is 5.62. The average Bonchev–Trinajstić information content (AvgIpc) is 3.30. The van der Waals surface area contributed by atoms with E-state index in [0.29, 0.717) is 23.4 Å². The fourth-order valence-corrected chi connectivity index (χ4v) is 4.45. The molecular weight excluding hydrogens is 378 g/mol. The number of fused-ring (bicyclic) bond motifs is 3. The SMILES string of the molecule is O=C1Nc2ccc(F)cc2CN1CC(=O)N1CC2C=C(c3cncc(F)c3)C1C2. The van der Waals surface area contributed by atoms with Crippen molar-refractivity contribution >= 4 is 23.2 Å². The first-order chi connectivity index (χ1) is 14.0. The number of carbonyl (C=O) groups excluding carboxylic acids is 2. The number of anilines is 1. The van der Waals surface area contributed by atoms with Crippen molar-refractivity contribution in [1.82, 2.24) is 14.8 Å². The molecule has 3 heterocycles. The maximum absolute atomic E-state index is 13.6. The van der Waals surface area contributed by atoms with Crippen LogP contribution in [0.3, 0.4) is 0 Å². The molecule has 2 atom stereocenters. The Kier molecular flexibility index (Phi) is 4.08. The Morgan fingerprint density at radius 3 is 2.86 bits per heavy atom. The maximum Gasteiger partial charge on any atom is 0.322 e. The van der Waals surface area contributed by atoms with Crippen molar-refractivity contribution in [2.45, 2.75) is 19.0 Å². The second kappa shape index (κ2) is 6.65. The van der Waals surface area contributed by atoms with E-state index in [9.17, 15) is 18.4 Å². The summed E-state index contributed by atoms with van der Waals surface area (Å²) in [5, 5.41) is 2.70. The van der Waals surface area contributed by atoms with Gasteiger partial charge in [0.1, 0.15) is 18.2 Å². The Labute approximate surface area is 165 Å². The van der Waals surface area contributed by atoms with Gasteiger partial charge in [0.15, 0.2) is 0 Å². The van der Waals surface area contributed by atoms with Crippen molar-refractivity contribution in [2.75, 3.05) is 18.4 Å². The summed E-state index contributed by atoms with van der Waals surface area (Å²) in [7, 11) is 0. The van der Waals surface area contributed by atoms with Crippen LogP contribution in [0.4, 0.5) is 19.3 Å². The van der Waals surface area contributed by atoms with Gasteiger partial charge in [-0.15, -0.1) is 0 Å². The molecule has 2 aromatic rings. The topological polar surface area (TPSA) is 65.5 Å². The molecule has 2 unspecified atom stereocenters. The summed E-state index contributed by atoms with van der Waals surface area (Å²) in [6.45, 7) is 0.652. The lowest BCUT2D eigenvalue weighted by atomic mass is 10.0. The Bertz CT molecular complexity index is 1050. The molecule has 1 aromatic carbocycles. The van der Waals surface area contributed by atoms with Crippen LogP contribution in [0.2, 0.25) is 0 Å². The molecule has 1 aliphatic carbocycles. The number of urea groups is 1. The molecule has 5 rings (SSSR count). The van der Waals surface area contributed by atoms with E-state index in [2.05, 4.69) is 16.4 Å². The monoisotopic (exact) mass is 396 g/mol. The number of benzene rings is 1. The van der Waals surface area contributed by atoms with E-state index in [1.807, 2.05) is 0 Å². The quantitative estimate of drug-likeness (QED) is 0.868. The minimum absolute atomic E-state index is 0.0975. The molecule has 0 spiro atoms. The van der Waals surface area contributed by atoms with Crippen molar-refractivity contribution in [1.29, 1.82) is 0 Å². The fraction of sp³-hybridized carbons (Fsp3) is 0.286. The van der Waals surface area contributed by atoms with Gasteiger partial charge in [-0.3, -0.25) is 9.78 Å². The molecule has 6 nitrogen and oxygen atoms in total. The van der Waals surface area contributed by atoms with E-state index in [1.165, 1.54) is 29.2 Å². The lowest BCUT2D eigenvalue weighted by molar-refractivity contribution is -0.132. The first-order valence-corrected chi connectivity index (χ1v) is 9.44. The van der Waals surface area contributed by atoms with Crippen molar-refractivity contribution in [3.05, 3.63) is 65.5 Å². The number of hydrogen-bond acceptors (Lipinski definition) is 3. The predicted octanol–water partition coefficient (Wildman–Crippen LogP) is 3.02. The number of halogens is 2. The molecule has 1 fully saturated rings. The number of carbonyl (C=O) groups is 2. The van der Waals surface area contributed by atoms with E-state index in [0.717, 1.165) is 18.2 Å². The largest absolute Gasteiger partial charge is 0.333 e. The van der Waals surface area contributed by atoms with Crippen molar-refractivity contribution in [3.8, 4) is 0 Å². The minimum Gasteiger partial charge on any atom is -0.333 e. The summed E-state index contributed by atoms with van der Waals surface area (Å²) >= 11 is 0. The van der Waals surface area contributed by atoms with Gasteiger partial charge in [0.2, 0.25) is 5.91 Å². The number of aromatic nitrogens is 1. The normalized spacial score (nSPS) is 22.4. The number of pyridine rings is 1. The Balaban J connectivity index is 1.32. The second-order valence-electron chi connectivity index (χ2n) is 7.66. The molecule has 8 heteroatoms. The van der Waals surface area contributed by atoms with Gasteiger partial charge in [-0.05, 0) is 47.7 Å². The summed E-state index contributed by atoms with van der Waals surface area (Å²) in [4.78, 5) is 32.4. The zero-order valence-electron chi connectivity index (χ0n) is 15.4. The van der Waals surface area contributed by atoms with Gasteiger partial charge in [0.05, 0.1) is 18.8 Å². The third kappa shape index (κ3) is 3.14. The van der Waals surface area contributed by atoms with Gasteiger partial charge in [-0.1, -0.05) is 6.08 Å². The number of amides is 3. The Morgan fingerprint density at radius 1 is 1.21 bits per heavy atom. The minimum atomic E-state index is -0.417. The highest BCUT2D eigenvalue weighted by Gasteiger charge is 2.42. The molecule has 29 heavy (non-hydrogen) atoms. The van der Waals surface area contributed by atoms with E-state index in [4.69, 9.17) is 0 Å². The standard InChI is InChI=1S/C21H18F2N4O2/c22-15-1-2-18-14(6-15)10-26(21(29)25-18)11-20(28)27-9-12-3-17(19(27)4-12)13-5-16(23)8-24-7-13/h1-3,5-8,12,19H,4,9-11H2,(H,25,29). The van der Waals surface area contributed by atoms with Crippen LogP contribution in [-0.4, -0.2) is 45.9 Å². The number of likely N-dealkylation sites (tertiary alicyclic amines) is 1. The van der Waals surface area contributed by atoms with Crippen LogP contribution >= 0.6 is 0 Å². The molecule has 2 bridgehead atoms. The summed E-state index contributed by atoms with van der Waals surface area (Å²) in [5.41, 5.74) is 2.77. The Morgan fingerprint density at radius 2 is 2.07 bits per heavy atom. The highest BCUT2D eigenvalue weighted by molar-refractivity contribution is 5.95. The summed E-state index contributed by atoms with van der Waals surface area (Å²) < 4.78 is 27.1. The van der Waals surface area contributed by atoms with Gasteiger partial charge < -0.3 is 15.1 Å². The number of hydrogen-bond donors (Lipinski definition) is 1. The molecule has 148 valence electrons. The third-order valence-corrected chi connectivity index (χ3v) is 5.75. The Hall–Kier alpha value is -3.29. The van der Waals surface area contributed by atoms with Crippen LogP contribution in [0.1, 0.15) is 17.5 Å². The lowest BCUT2D eigenvalue weighted by Crippen LogP contribution is -2.48. The molecule has 3 aliphatic rings. The second-order valence-corrected chi connectivity index (χ2v) is 7.66. The van der Waals surface area contributed by atoms with Gasteiger partial charge in [-0.25, -0.2) is 13.6 Å². The summed E-state index contributed by atoms with van der Waals surface area (Å²) in [6, 6.07) is 5.06. The van der Waals surface area contributed by atoms with Crippen LogP contribution in [0.25, 0.3) is 5.57 Å². The molecule has 1 N–H and O–H groups in total. The third-order valence-electron chi connectivity index (χ3n) is 5.75. The number of rotatable bonds is 3.